The van der Waals surface area contributed by atoms with Crippen LogP contribution >= 0.6 is 15.9 Å². The van der Waals surface area contributed by atoms with Crippen LogP contribution in [0.1, 0.15) is 37.0 Å². The smallest absolute Gasteiger partial charge is 0.255 e. The number of unbranched alkanes of at least 4 members (excludes halogenated alkanes) is 1. The van der Waals surface area contributed by atoms with Crippen molar-refractivity contribution in [1.82, 2.24) is 4.72 Å². The number of sulfonamides is 1. The molecule has 0 fully saturated rings. The zero-order valence-electron chi connectivity index (χ0n) is 16.6. The molecule has 0 aromatic heterocycles. The first-order valence-electron chi connectivity index (χ1n) is 9.23. The summed E-state index contributed by atoms with van der Waals surface area (Å²) in [6.07, 6.45) is 1.64. The number of halogens is 1. The molecule has 1 amide bonds. The van der Waals surface area contributed by atoms with Crippen LogP contribution < -0.4 is 19.5 Å². The van der Waals surface area contributed by atoms with Gasteiger partial charge in [-0.2, -0.15) is 0 Å². The van der Waals surface area contributed by atoms with E-state index in [2.05, 4.69) is 26.0 Å². The number of nitrogens with one attached hydrogen (secondary N) is 2. The van der Waals surface area contributed by atoms with Crippen molar-refractivity contribution in [3.05, 3.63) is 46.4 Å². The monoisotopic (exact) mass is 484 g/mol. The van der Waals surface area contributed by atoms with Crippen molar-refractivity contribution in [2.75, 3.05) is 25.6 Å². The molecule has 0 aliphatic rings. The van der Waals surface area contributed by atoms with E-state index in [0.717, 1.165) is 12.8 Å². The minimum Gasteiger partial charge on any atom is -0.493 e. The normalized spacial score (nSPS) is 11.2. The Hall–Kier alpha value is -2.10. The summed E-state index contributed by atoms with van der Waals surface area (Å²) in [4.78, 5) is 12.8. The number of hydrogen-bond acceptors (Lipinski definition) is 5. The average Bonchev–Trinajstić information content (AvgIpc) is 2.69. The second kappa shape index (κ2) is 10.6. The summed E-state index contributed by atoms with van der Waals surface area (Å²) in [6.45, 7) is 4.66. The second-order valence-electron chi connectivity index (χ2n) is 6.16. The number of amides is 1. The molecule has 2 N–H and O–H groups in total. The second-order valence-corrected chi connectivity index (χ2v) is 8.78. The van der Waals surface area contributed by atoms with E-state index in [1.165, 1.54) is 19.2 Å². The summed E-state index contributed by atoms with van der Waals surface area (Å²) < 4.78 is 38.7. The molecule has 0 saturated heterocycles. The van der Waals surface area contributed by atoms with Crippen LogP contribution in [0.15, 0.2) is 45.8 Å². The van der Waals surface area contributed by atoms with Gasteiger partial charge in [0.15, 0.2) is 11.5 Å². The first-order valence-corrected chi connectivity index (χ1v) is 11.5. The van der Waals surface area contributed by atoms with Crippen LogP contribution in [0.25, 0.3) is 0 Å². The van der Waals surface area contributed by atoms with Gasteiger partial charge in [-0.05, 0) is 59.6 Å². The van der Waals surface area contributed by atoms with E-state index in [4.69, 9.17) is 9.47 Å². The summed E-state index contributed by atoms with van der Waals surface area (Å²) in [7, 11) is -2.14. The third kappa shape index (κ3) is 6.19. The number of rotatable bonds is 10. The highest BCUT2D eigenvalue weighted by molar-refractivity contribution is 9.10. The summed E-state index contributed by atoms with van der Waals surface area (Å²) in [5, 5.41) is 2.72. The van der Waals surface area contributed by atoms with Gasteiger partial charge in [0.25, 0.3) is 5.91 Å². The highest BCUT2D eigenvalue weighted by Gasteiger charge is 2.17. The fourth-order valence-corrected chi connectivity index (χ4v) is 4.22. The molecule has 2 aromatic carbocycles. The van der Waals surface area contributed by atoms with Gasteiger partial charge in [0, 0.05) is 17.8 Å². The average molecular weight is 485 g/mol. The standard InChI is InChI=1S/C20H25BrN2O5S/c1-4-6-10-22-29(25,26)16-9-7-8-15(13-16)23-20(24)14-11-17(21)19(28-5-2)18(12-14)27-3/h7-9,11-13,22H,4-6,10H2,1-3H3,(H,23,24). The Morgan fingerprint density at radius 3 is 2.59 bits per heavy atom. The molecule has 2 rings (SSSR count). The van der Waals surface area contributed by atoms with Gasteiger partial charge in [0.2, 0.25) is 10.0 Å². The SMILES string of the molecule is CCCCNS(=O)(=O)c1cccc(NC(=O)c2cc(Br)c(OCC)c(OC)c2)c1. The molecule has 0 aliphatic heterocycles. The zero-order chi connectivity index (χ0) is 21.4. The maximum Gasteiger partial charge on any atom is 0.255 e. The van der Waals surface area contributed by atoms with E-state index in [1.807, 2.05) is 13.8 Å². The van der Waals surface area contributed by atoms with Crippen molar-refractivity contribution in [3.8, 4) is 11.5 Å². The number of methoxy groups -OCH3 is 1. The fraction of sp³-hybridized carbons (Fsp3) is 0.350. The summed E-state index contributed by atoms with van der Waals surface area (Å²) in [5.41, 5.74) is 0.712. The van der Waals surface area contributed by atoms with E-state index in [0.29, 0.717) is 40.4 Å². The number of anilines is 1. The molecule has 158 valence electrons. The van der Waals surface area contributed by atoms with Crippen LogP contribution in [0.5, 0.6) is 11.5 Å². The lowest BCUT2D eigenvalue weighted by molar-refractivity contribution is 0.102. The lowest BCUT2D eigenvalue weighted by Gasteiger charge is -2.14. The van der Waals surface area contributed by atoms with Gasteiger partial charge >= 0.3 is 0 Å². The van der Waals surface area contributed by atoms with Gasteiger partial charge in [-0.25, -0.2) is 13.1 Å². The van der Waals surface area contributed by atoms with Crippen LogP contribution in [-0.2, 0) is 10.0 Å². The first-order chi connectivity index (χ1) is 13.8. The van der Waals surface area contributed by atoms with Crippen LogP contribution in [0, 0.1) is 0 Å². The Bertz CT molecular complexity index is 963. The van der Waals surface area contributed by atoms with Crippen LogP contribution in [0.4, 0.5) is 5.69 Å². The first kappa shape index (κ1) is 23.2. The zero-order valence-corrected chi connectivity index (χ0v) is 19.0. The molecule has 0 heterocycles. The maximum absolute atomic E-state index is 12.7. The fourth-order valence-electron chi connectivity index (χ4n) is 2.55. The molecule has 9 heteroatoms. The predicted octanol–water partition coefficient (Wildman–Crippen LogP) is 4.19. The molecule has 29 heavy (non-hydrogen) atoms. The van der Waals surface area contributed by atoms with Crippen molar-refractivity contribution in [2.24, 2.45) is 0 Å². The molecule has 7 nitrogen and oxygen atoms in total. The predicted molar refractivity (Wildman–Crippen MR) is 116 cm³/mol. The molecule has 0 unspecified atom stereocenters. The summed E-state index contributed by atoms with van der Waals surface area (Å²) in [5.74, 6) is 0.529. The topological polar surface area (TPSA) is 93.7 Å². The molecule has 0 radical (unpaired) electrons. The lowest BCUT2D eigenvalue weighted by Crippen LogP contribution is -2.24. The van der Waals surface area contributed by atoms with E-state index in [-0.39, 0.29) is 4.90 Å². The van der Waals surface area contributed by atoms with E-state index in [9.17, 15) is 13.2 Å². The molecule has 2 aromatic rings. The van der Waals surface area contributed by atoms with Crippen molar-refractivity contribution >= 4 is 37.5 Å². The van der Waals surface area contributed by atoms with E-state index < -0.39 is 15.9 Å². The highest BCUT2D eigenvalue weighted by atomic mass is 79.9. The van der Waals surface area contributed by atoms with E-state index in [1.54, 1.807) is 24.3 Å². The molecule has 0 bridgehead atoms. The Morgan fingerprint density at radius 1 is 1.17 bits per heavy atom. The van der Waals surface area contributed by atoms with Gasteiger partial charge in [0.05, 0.1) is 23.1 Å². The quantitative estimate of drug-likeness (QED) is 0.493. The summed E-state index contributed by atoms with van der Waals surface area (Å²) in [6, 6.07) is 9.31. The van der Waals surface area contributed by atoms with E-state index >= 15 is 0 Å². The number of benzene rings is 2. The van der Waals surface area contributed by atoms with Crippen LogP contribution in [0.3, 0.4) is 0 Å². The van der Waals surface area contributed by atoms with Crippen molar-refractivity contribution in [3.63, 3.8) is 0 Å². The molecule has 0 saturated carbocycles. The third-order valence-electron chi connectivity index (χ3n) is 4.00. The van der Waals surface area contributed by atoms with Gasteiger partial charge in [-0.3, -0.25) is 4.79 Å². The number of ether oxygens (including phenoxy) is 2. The number of hydrogen-bond donors (Lipinski definition) is 2. The minimum atomic E-state index is -3.63. The maximum atomic E-state index is 12.7. The largest absolute Gasteiger partial charge is 0.493 e. The minimum absolute atomic E-state index is 0.0943. The molecule has 0 spiro atoms. The third-order valence-corrected chi connectivity index (χ3v) is 6.05. The van der Waals surface area contributed by atoms with Crippen LogP contribution in [0.2, 0.25) is 0 Å². The molecule has 0 atom stereocenters. The number of carbonyl (C=O) groups is 1. The van der Waals surface area contributed by atoms with Gasteiger partial charge in [-0.15, -0.1) is 0 Å². The van der Waals surface area contributed by atoms with Crippen LogP contribution in [-0.4, -0.2) is 34.6 Å². The van der Waals surface area contributed by atoms with Gasteiger partial charge < -0.3 is 14.8 Å². The molecular formula is C20H25BrN2O5S. The van der Waals surface area contributed by atoms with Gasteiger partial charge in [-0.1, -0.05) is 19.4 Å². The Kier molecular flexibility index (Phi) is 8.48. The highest BCUT2D eigenvalue weighted by Crippen LogP contribution is 2.36. The summed E-state index contributed by atoms with van der Waals surface area (Å²) >= 11 is 3.39. The van der Waals surface area contributed by atoms with Crippen molar-refractivity contribution < 1.29 is 22.7 Å². The van der Waals surface area contributed by atoms with Crippen molar-refractivity contribution in [2.45, 2.75) is 31.6 Å². The number of carbonyl (C=O) groups excluding carboxylic acids is 1. The Balaban J connectivity index is 2.22. The van der Waals surface area contributed by atoms with Gasteiger partial charge in [0.1, 0.15) is 0 Å². The molecule has 0 aliphatic carbocycles. The van der Waals surface area contributed by atoms with Crippen molar-refractivity contribution in [1.29, 1.82) is 0 Å². The molecular weight excluding hydrogens is 460 g/mol. The Labute approximate surface area is 180 Å². The Morgan fingerprint density at radius 2 is 1.93 bits per heavy atom. The lowest BCUT2D eigenvalue weighted by atomic mass is 10.2.